The molecule has 0 bridgehead atoms. The first-order chi connectivity index (χ1) is 12.5. The SMILES string of the molecule is CCOc1cc(CN2CCC(Nc3nc(Cl)ncc3F)CC2)ccc1Cl. The lowest BCUT2D eigenvalue weighted by molar-refractivity contribution is 0.210. The van der Waals surface area contributed by atoms with E-state index >= 15 is 0 Å². The van der Waals surface area contributed by atoms with Crippen molar-refractivity contribution in [1.82, 2.24) is 14.9 Å². The summed E-state index contributed by atoms with van der Waals surface area (Å²) in [6.07, 6.45) is 2.88. The minimum Gasteiger partial charge on any atom is -0.492 e. The Kier molecular flexibility index (Phi) is 6.51. The predicted molar refractivity (Wildman–Crippen MR) is 102 cm³/mol. The van der Waals surface area contributed by atoms with Gasteiger partial charge in [-0.25, -0.2) is 9.37 Å². The number of nitrogens with one attached hydrogen (secondary N) is 1. The number of hydrogen-bond donors (Lipinski definition) is 1. The van der Waals surface area contributed by atoms with Crippen molar-refractivity contribution in [2.45, 2.75) is 32.4 Å². The fraction of sp³-hybridized carbons (Fsp3) is 0.444. The molecule has 1 aliphatic rings. The minimum absolute atomic E-state index is 0.0409. The maximum atomic E-state index is 13.7. The second-order valence-electron chi connectivity index (χ2n) is 6.23. The molecular formula is C18H21Cl2FN4O. The third kappa shape index (κ3) is 4.96. The summed E-state index contributed by atoms with van der Waals surface area (Å²) in [6, 6.07) is 6.05. The lowest BCUT2D eigenvalue weighted by Gasteiger charge is -2.32. The van der Waals surface area contributed by atoms with Crippen molar-refractivity contribution in [1.29, 1.82) is 0 Å². The lowest BCUT2D eigenvalue weighted by atomic mass is 10.0. The zero-order chi connectivity index (χ0) is 18.5. The predicted octanol–water partition coefficient (Wildman–Crippen LogP) is 4.40. The highest BCUT2D eigenvalue weighted by Crippen LogP contribution is 2.27. The number of halogens is 3. The summed E-state index contributed by atoms with van der Waals surface area (Å²) in [5, 5.41) is 3.80. The van der Waals surface area contributed by atoms with Crippen molar-refractivity contribution in [2.24, 2.45) is 0 Å². The van der Waals surface area contributed by atoms with Crippen LogP contribution in [0.1, 0.15) is 25.3 Å². The van der Waals surface area contributed by atoms with Gasteiger partial charge in [0.25, 0.3) is 0 Å². The molecule has 1 aromatic heterocycles. The molecule has 0 unspecified atom stereocenters. The first kappa shape index (κ1) is 19.1. The van der Waals surface area contributed by atoms with Crippen molar-refractivity contribution in [2.75, 3.05) is 25.0 Å². The molecule has 0 aliphatic carbocycles. The van der Waals surface area contributed by atoms with Crippen LogP contribution in [-0.4, -0.2) is 40.6 Å². The van der Waals surface area contributed by atoms with E-state index in [1.165, 1.54) is 0 Å². The molecule has 5 nitrogen and oxygen atoms in total. The molecule has 0 atom stereocenters. The van der Waals surface area contributed by atoms with Crippen LogP contribution in [0.15, 0.2) is 24.4 Å². The highest BCUT2D eigenvalue weighted by Gasteiger charge is 2.21. The summed E-state index contributed by atoms with van der Waals surface area (Å²) in [7, 11) is 0. The second kappa shape index (κ2) is 8.84. The second-order valence-corrected chi connectivity index (χ2v) is 6.97. The third-order valence-electron chi connectivity index (χ3n) is 4.34. The van der Waals surface area contributed by atoms with Crippen LogP contribution in [0.5, 0.6) is 5.75 Å². The molecule has 26 heavy (non-hydrogen) atoms. The molecule has 140 valence electrons. The Morgan fingerprint density at radius 2 is 2.08 bits per heavy atom. The van der Waals surface area contributed by atoms with E-state index in [0.29, 0.717) is 11.6 Å². The van der Waals surface area contributed by atoms with Crippen LogP contribution in [0.3, 0.4) is 0 Å². The van der Waals surface area contributed by atoms with Crippen LogP contribution < -0.4 is 10.1 Å². The van der Waals surface area contributed by atoms with Crippen molar-refractivity contribution < 1.29 is 9.13 Å². The van der Waals surface area contributed by atoms with E-state index < -0.39 is 5.82 Å². The lowest BCUT2D eigenvalue weighted by Crippen LogP contribution is -2.39. The van der Waals surface area contributed by atoms with Crippen molar-refractivity contribution in [3.63, 3.8) is 0 Å². The van der Waals surface area contributed by atoms with E-state index in [0.717, 1.165) is 50.0 Å². The molecular weight excluding hydrogens is 378 g/mol. The fourth-order valence-electron chi connectivity index (χ4n) is 3.05. The Labute approximate surface area is 162 Å². The number of likely N-dealkylation sites (tertiary alicyclic amines) is 1. The summed E-state index contributed by atoms with van der Waals surface area (Å²) in [5.41, 5.74) is 1.16. The number of ether oxygens (including phenoxy) is 1. The van der Waals surface area contributed by atoms with Gasteiger partial charge in [0.15, 0.2) is 11.6 Å². The molecule has 1 aliphatic heterocycles. The molecule has 2 heterocycles. The summed E-state index contributed by atoms with van der Waals surface area (Å²) in [4.78, 5) is 9.91. The van der Waals surface area contributed by atoms with Gasteiger partial charge < -0.3 is 10.1 Å². The van der Waals surface area contributed by atoms with E-state index in [1.54, 1.807) is 0 Å². The number of hydrogen-bond acceptors (Lipinski definition) is 5. The summed E-state index contributed by atoms with van der Waals surface area (Å²) < 4.78 is 19.3. The van der Waals surface area contributed by atoms with Crippen molar-refractivity contribution in [3.05, 3.63) is 46.1 Å². The Balaban J connectivity index is 1.54. The van der Waals surface area contributed by atoms with E-state index in [9.17, 15) is 4.39 Å². The standard InChI is InChI=1S/C18H21Cl2FN4O/c1-2-26-16-9-12(3-4-14(16)19)11-25-7-5-13(6-8-25)23-17-15(21)10-22-18(20)24-17/h3-4,9-10,13H,2,5-8,11H2,1H3,(H,22,23,24). The largest absolute Gasteiger partial charge is 0.492 e. The summed E-state index contributed by atoms with van der Waals surface area (Å²) in [5.74, 6) is 0.406. The van der Waals surface area contributed by atoms with Gasteiger partial charge in [-0.05, 0) is 49.1 Å². The highest BCUT2D eigenvalue weighted by atomic mass is 35.5. The molecule has 1 fully saturated rings. The smallest absolute Gasteiger partial charge is 0.224 e. The Bertz CT molecular complexity index is 754. The molecule has 8 heteroatoms. The molecule has 0 amide bonds. The molecule has 1 saturated heterocycles. The Hall–Kier alpha value is -1.63. The molecule has 1 N–H and O–H groups in total. The normalized spacial score (nSPS) is 15.8. The van der Waals surface area contributed by atoms with Gasteiger partial charge in [-0.3, -0.25) is 4.90 Å². The monoisotopic (exact) mass is 398 g/mol. The maximum absolute atomic E-state index is 13.7. The van der Waals surface area contributed by atoms with Gasteiger partial charge in [-0.2, -0.15) is 4.98 Å². The average Bonchev–Trinajstić information content (AvgIpc) is 2.63. The molecule has 3 rings (SSSR count). The topological polar surface area (TPSA) is 50.3 Å². The third-order valence-corrected chi connectivity index (χ3v) is 4.84. The molecule has 2 aromatic rings. The molecule has 0 radical (unpaired) electrons. The quantitative estimate of drug-likeness (QED) is 0.730. The zero-order valence-electron chi connectivity index (χ0n) is 14.5. The average molecular weight is 399 g/mol. The van der Waals surface area contributed by atoms with Gasteiger partial charge in [-0.1, -0.05) is 17.7 Å². The molecule has 0 saturated carbocycles. The number of piperidine rings is 1. The number of rotatable bonds is 6. The van der Waals surface area contributed by atoms with E-state index in [4.69, 9.17) is 27.9 Å². The Morgan fingerprint density at radius 1 is 1.31 bits per heavy atom. The van der Waals surface area contributed by atoms with Crippen LogP contribution in [0.25, 0.3) is 0 Å². The molecule has 1 aromatic carbocycles. The van der Waals surface area contributed by atoms with Crippen LogP contribution in [0, 0.1) is 5.82 Å². The zero-order valence-corrected chi connectivity index (χ0v) is 16.0. The van der Waals surface area contributed by atoms with Gasteiger partial charge in [0.1, 0.15) is 5.75 Å². The fourth-order valence-corrected chi connectivity index (χ4v) is 3.35. The van der Waals surface area contributed by atoms with Gasteiger partial charge in [0.2, 0.25) is 5.28 Å². The molecule has 0 spiro atoms. The van der Waals surface area contributed by atoms with Crippen LogP contribution in [0.2, 0.25) is 10.3 Å². The number of benzene rings is 1. The van der Waals surface area contributed by atoms with E-state index in [-0.39, 0.29) is 17.1 Å². The number of aromatic nitrogens is 2. The number of nitrogens with zero attached hydrogens (tertiary/aromatic N) is 3. The van der Waals surface area contributed by atoms with E-state index in [1.807, 2.05) is 25.1 Å². The summed E-state index contributed by atoms with van der Waals surface area (Å²) in [6.45, 7) is 5.17. The van der Waals surface area contributed by atoms with Crippen LogP contribution in [0.4, 0.5) is 10.2 Å². The van der Waals surface area contributed by atoms with Crippen LogP contribution in [-0.2, 0) is 6.54 Å². The number of anilines is 1. The first-order valence-corrected chi connectivity index (χ1v) is 9.39. The van der Waals surface area contributed by atoms with Crippen molar-refractivity contribution in [3.8, 4) is 5.75 Å². The van der Waals surface area contributed by atoms with Crippen molar-refractivity contribution >= 4 is 29.0 Å². The van der Waals surface area contributed by atoms with Gasteiger partial charge in [0, 0.05) is 25.7 Å². The van der Waals surface area contributed by atoms with E-state index in [2.05, 4.69) is 20.2 Å². The van der Waals surface area contributed by atoms with Gasteiger partial charge in [-0.15, -0.1) is 0 Å². The summed E-state index contributed by atoms with van der Waals surface area (Å²) >= 11 is 11.9. The van der Waals surface area contributed by atoms with Gasteiger partial charge in [0.05, 0.1) is 17.8 Å². The minimum atomic E-state index is -0.485. The Morgan fingerprint density at radius 3 is 2.81 bits per heavy atom. The first-order valence-electron chi connectivity index (χ1n) is 8.63. The van der Waals surface area contributed by atoms with Gasteiger partial charge >= 0.3 is 0 Å². The maximum Gasteiger partial charge on any atom is 0.224 e. The highest BCUT2D eigenvalue weighted by molar-refractivity contribution is 6.32. The van der Waals surface area contributed by atoms with Crippen LogP contribution >= 0.6 is 23.2 Å².